The van der Waals surface area contributed by atoms with E-state index in [1.54, 1.807) is 53.5 Å². The molecule has 0 aliphatic carbocycles. The molecule has 0 saturated carbocycles. The number of carbonyl (C=O) groups excluding carboxylic acids is 1. The van der Waals surface area contributed by atoms with Crippen molar-refractivity contribution in [2.45, 2.75) is 13.1 Å². The van der Waals surface area contributed by atoms with E-state index in [1.165, 1.54) is 0 Å². The van der Waals surface area contributed by atoms with Crippen molar-refractivity contribution >= 4 is 34.2 Å². The number of rotatable bonds is 8. The third-order valence-corrected chi connectivity index (χ3v) is 5.61. The van der Waals surface area contributed by atoms with Gasteiger partial charge in [-0.1, -0.05) is 41.6 Å². The quantitative estimate of drug-likeness (QED) is 0.305. The summed E-state index contributed by atoms with van der Waals surface area (Å²) in [6.07, 6.45) is 3.50. The number of carbonyl (C=O) groups is 2. The molecule has 9 heteroatoms. The first-order valence-electron chi connectivity index (χ1n) is 11.3. The van der Waals surface area contributed by atoms with Crippen LogP contribution < -0.4 is 10.6 Å². The Labute approximate surface area is 206 Å². The van der Waals surface area contributed by atoms with E-state index in [2.05, 4.69) is 25.9 Å². The largest absolute Gasteiger partial charge is 0.478 e. The van der Waals surface area contributed by atoms with Crippen molar-refractivity contribution in [3.8, 4) is 0 Å². The van der Waals surface area contributed by atoms with Gasteiger partial charge in [0.1, 0.15) is 5.69 Å². The van der Waals surface area contributed by atoms with Crippen LogP contribution in [0.1, 0.15) is 32.0 Å². The second kappa shape index (κ2) is 10.1. The van der Waals surface area contributed by atoms with Gasteiger partial charge in [-0.15, -0.1) is 5.10 Å². The van der Waals surface area contributed by atoms with Crippen LogP contribution in [-0.4, -0.2) is 37.0 Å². The molecular formula is C27H22N6O3. The number of amides is 1. The van der Waals surface area contributed by atoms with Gasteiger partial charge >= 0.3 is 5.97 Å². The van der Waals surface area contributed by atoms with Crippen molar-refractivity contribution in [3.63, 3.8) is 0 Å². The van der Waals surface area contributed by atoms with Gasteiger partial charge in [-0.25, -0.2) is 9.48 Å². The molecule has 3 N–H and O–H groups in total. The minimum atomic E-state index is -0.965. The van der Waals surface area contributed by atoms with Crippen molar-refractivity contribution in [2.75, 3.05) is 5.32 Å². The summed E-state index contributed by atoms with van der Waals surface area (Å²) in [5, 5.41) is 24.5. The molecular weight excluding hydrogens is 456 g/mol. The smallest absolute Gasteiger partial charge is 0.335 e. The van der Waals surface area contributed by atoms with Crippen LogP contribution >= 0.6 is 0 Å². The third kappa shape index (κ3) is 5.20. The molecule has 5 rings (SSSR count). The summed E-state index contributed by atoms with van der Waals surface area (Å²) in [5.41, 5.74) is 4.85. The second-order valence-corrected chi connectivity index (χ2v) is 8.17. The Balaban J connectivity index is 1.20. The number of carboxylic acids is 1. The topological polar surface area (TPSA) is 122 Å². The molecule has 0 aliphatic rings. The summed E-state index contributed by atoms with van der Waals surface area (Å²) in [7, 11) is 0. The number of carboxylic acid groups (broad SMARTS) is 1. The molecule has 0 aliphatic heterocycles. The number of pyridine rings is 1. The van der Waals surface area contributed by atoms with Gasteiger partial charge in [-0.05, 0) is 48.0 Å². The van der Waals surface area contributed by atoms with Crippen LogP contribution in [0.5, 0.6) is 0 Å². The number of aromatic carboxylic acids is 1. The number of nitrogens with one attached hydrogen (secondary N) is 2. The van der Waals surface area contributed by atoms with Crippen molar-refractivity contribution in [1.82, 2.24) is 25.3 Å². The zero-order valence-corrected chi connectivity index (χ0v) is 19.1. The Morgan fingerprint density at radius 3 is 2.58 bits per heavy atom. The standard InChI is InChI=1S/C27H22N6O3/c34-26(29-15-22-17-33(32-31-22)16-18-8-10-19(11-9-18)27(35)36)20-4-3-5-21(14-20)30-25-12-13-28-24-7-2-1-6-23(24)25/h1-14,17H,15-16H2,(H,28,30)(H,29,34)(H,35,36). The summed E-state index contributed by atoms with van der Waals surface area (Å²) >= 11 is 0. The number of hydrogen-bond acceptors (Lipinski definition) is 6. The Morgan fingerprint density at radius 2 is 1.75 bits per heavy atom. The second-order valence-electron chi connectivity index (χ2n) is 8.17. The number of hydrogen-bond donors (Lipinski definition) is 3. The van der Waals surface area contributed by atoms with Crippen molar-refractivity contribution in [3.05, 3.63) is 114 Å². The Morgan fingerprint density at radius 1 is 0.917 bits per heavy atom. The highest BCUT2D eigenvalue weighted by Gasteiger charge is 2.10. The molecule has 9 nitrogen and oxygen atoms in total. The van der Waals surface area contributed by atoms with Crippen LogP contribution in [0, 0.1) is 0 Å². The predicted molar refractivity (Wildman–Crippen MR) is 135 cm³/mol. The van der Waals surface area contributed by atoms with E-state index in [0.717, 1.165) is 27.8 Å². The summed E-state index contributed by atoms with van der Waals surface area (Å²) in [6, 6.07) is 23.6. The molecule has 36 heavy (non-hydrogen) atoms. The van der Waals surface area contributed by atoms with Gasteiger partial charge in [0, 0.05) is 28.5 Å². The first-order valence-corrected chi connectivity index (χ1v) is 11.3. The van der Waals surface area contributed by atoms with Crippen LogP contribution in [0.25, 0.3) is 10.9 Å². The number of nitrogens with zero attached hydrogens (tertiary/aromatic N) is 4. The Hall–Kier alpha value is -5.05. The zero-order valence-electron chi connectivity index (χ0n) is 19.1. The lowest BCUT2D eigenvalue weighted by atomic mass is 10.1. The molecule has 3 aromatic carbocycles. The number of anilines is 2. The van der Waals surface area contributed by atoms with Crippen LogP contribution in [0.4, 0.5) is 11.4 Å². The third-order valence-electron chi connectivity index (χ3n) is 5.61. The summed E-state index contributed by atoms with van der Waals surface area (Å²) in [5.74, 6) is -1.19. The lowest BCUT2D eigenvalue weighted by Gasteiger charge is -2.11. The predicted octanol–water partition coefficient (Wildman–Crippen LogP) is 4.25. The lowest BCUT2D eigenvalue weighted by molar-refractivity contribution is 0.0696. The molecule has 0 fully saturated rings. The molecule has 2 aromatic heterocycles. The maximum absolute atomic E-state index is 12.8. The van der Waals surface area contributed by atoms with Crippen molar-refractivity contribution in [2.24, 2.45) is 0 Å². The van der Waals surface area contributed by atoms with Gasteiger partial charge in [0.05, 0.1) is 30.4 Å². The van der Waals surface area contributed by atoms with E-state index in [0.29, 0.717) is 17.8 Å². The average Bonchev–Trinajstić information content (AvgIpc) is 3.35. The highest BCUT2D eigenvalue weighted by atomic mass is 16.4. The molecule has 0 spiro atoms. The van der Waals surface area contributed by atoms with Crippen LogP contribution in [-0.2, 0) is 13.1 Å². The van der Waals surface area contributed by atoms with Gasteiger partial charge in [0.25, 0.3) is 5.91 Å². The summed E-state index contributed by atoms with van der Waals surface area (Å²) < 4.78 is 1.64. The first kappa shape index (κ1) is 22.7. The Bertz CT molecular complexity index is 1540. The summed E-state index contributed by atoms with van der Waals surface area (Å²) in [6.45, 7) is 0.668. The van der Waals surface area contributed by atoms with Crippen LogP contribution in [0.3, 0.4) is 0 Å². The van der Waals surface area contributed by atoms with Gasteiger partial charge < -0.3 is 15.7 Å². The fraction of sp³-hybridized carbons (Fsp3) is 0.0741. The van der Waals surface area contributed by atoms with E-state index in [1.807, 2.05) is 42.5 Å². The van der Waals surface area contributed by atoms with Gasteiger partial charge in [-0.3, -0.25) is 9.78 Å². The number of benzene rings is 3. The molecule has 0 radical (unpaired) electrons. The van der Waals surface area contributed by atoms with Crippen molar-refractivity contribution < 1.29 is 14.7 Å². The maximum atomic E-state index is 12.8. The van der Waals surface area contributed by atoms with Crippen LogP contribution in [0.2, 0.25) is 0 Å². The average molecular weight is 479 g/mol. The molecule has 178 valence electrons. The molecule has 5 aromatic rings. The van der Waals surface area contributed by atoms with Gasteiger partial charge in [0.2, 0.25) is 0 Å². The highest BCUT2D eigenvalue weighted by Crippen LogP contribution is 2.25. The normalized spacial score (nSPS) is 10.8. The first-order chi connectivity index (χ1) is 17.5. The molecule has 1 amide bonds. The molecule has 2 heterocycles. The SMILES string of the molecule is O=C(O)c1ccc(Cn2cc(CNC(=O)c3cccc(Nc4ccnc5ccccc45)c3)nn2)cc1. The molecule has 0 atom stereocenters. The van der Waals surface area contributed by atoms with Gasteiger partial charge in [0.15, 0.2) is 0 Å². The minimum absolute atomic E-state index is 0.225. The molecule has 0 unspecified atom stereocenters. The maximum Gasteiger partial charge on any atom is 0.335 e. The van der Waals surface area contributed by atoms with E-state index >= 15 is 0 Å². The van der Waals surface area contributed by atoms with Crippen LogP contribution in [0.15, 0.2) is 91.3 Å². The minimum Gasteiger partial charge on any atom is -0.478 e. The molecule has 0 bridgehead atoms. The summed E-state index contributed by atoms with van der Waals surface area (Å²) in [4.78, 5) is 28.1. The van der Waals surface area contributed by atoms with E-state index in [4.69, 9.17) is 5.11 Å². The fourth-order valence-electron chi connectivity index (χ4n) is 3.81. The lowest BCUT2D eigenvalue weighted by Crippen LogP contribution is -2.23. The fourth-order valence-corrected chi connectivity index (χ4v) is 3.81. The number of fused-ring (bicyclic) bond motifs is 1. The van der Waals surface area contributed by atoms with Gasteiger partial charge in [-0.2, -0.15) is 0 Å². The van der Waals surface area contributed by atoms with Crippen molar-refractivity contribution in [1.29, 1.82) is 0 Å². The number of aromatic nitrogens is 4. The number of para-hydroxylation sites is 1. The zero-order chi connectivity index (χ0) is 24.9. The highest BCUT2D eigenvalue weighted by molar-refractivity contribution is 5.96. The Kier molecular flexibility index (Phi) is 6.35. The monoisotopic (exact) mass is 478 g/mol. The van der Waals surface area contributed by atoms with E-state index in [9.17, 15) is 9.59 Å². The van der Waals surface area contributed by atoms with E-state index in [-0.39, 0.29) is 18.0 Å². The van der Waals surface area contributed by atoms with E-state index < -0.39 is 5.97 Å². The molecule has 0 saturated heterocycles.